The van der Waals surface area contributed by atoms with Crippen LogP contribution in [0.1, 0.15) is 11.1 Å². The van der Waals surface area contributed by atoms with Gasteiger partial charge in [0.2, 0.25) is 0 Å². The molecule has 1 heterocycles. The molecule has 1 aliphatic heterocycles. The molecule has 0 bridgehead atoms. The van der Waals surface area contributed by atoms with Crippen LogP contribution in [0.15, 0.2) is 76.1 Å². The summed E-state index contributed by atoms with van der Waals surface area (Å²) < 4.78 is 33.2. The van der Waals surface area contributed by atoms with E-state index in [9.17, 15) is 13.2 Å². The maximum Gasteiger partial charge on any atom is 0.330 e. The zero-order valence-corrected chi connectivity index (χ0v) is 17.5. The molecule has 0 N–H and O–H groups in total. The molecule has 142 valence electrons. The molecule has 0 aromatic heterocycles. The summed E-state index contributed by atoms with van der Waals surface area (Å²) >= 11 is 3.39. The fraction of sp³-hybridized carbons (Fsp3) is 0.136. The molecule has 0 amide bonds. The molecule has 6 heteroatoms. The minimum atomic E-state index is -3.95. The first-order valence-electron chi connectivity index (χ1n) is 8.76. The molecule has 0 radical (unpaired) electrons. The summed E-state index contributed by atoms with van der Waals surface area (Å²) in [4.78, 5) is 12.7. The van der Waals surface area contributed by atoms with Crippen LogP contribution in [-0.4, -0.2) is 19.6 Å². The number of carbonyl (C=O) groups is 1. The van der Waals surface area contributed by atoms with Crippen LogP contribution < -0.4 is 4.74 Å². The number of rotatable bonds is 3. The molecule has 0 aliphatic carbocycles. The number of para-hydroxylation sites is 1. The van der Waals surface area contributed by atoms with Gasteiger partial charge in [-0.1, -0.05) is 58.4 Å². The van der Waals surface area contributed by atoms with Crippen molar-refractivity contribution in [3.8, 4) is 16.9 Å². The molecule has 1 aliphatic rings. The topological polar surface area (TPSA) is 60.4 Å². The molecule has 0 spiro atoms. The quantitative estimate of drug-likeness (QED) is 0.422. The SMILES string of the molecule is Cc1ccc(-c2ccc(Br)cc2)c(S(=O)(=O)C2Cc3ccccc3OC2=O)c1. The normalized spacial score (nSPS) is 16.4. The second-order valence-corrected chi connectivity index (χ2v) is 9.79. The van der Waals surface area contributed by atoms with Crippen LogP contribution >= 0.6 is 15.9 Å². The molecule has 4 rings (SSSR count). The maximum atomic E-state index is 13.5. The fourth-order valence-electron chi connectivity index (χ4n) is 3.35. The first-order valence-corrected chi connectivity index (χ1v) is 11.1. The van der Waals surface area contributed by atoms with Gasteiger partial charge < -0.3 is 4.74 Å². The van der Waals surface area contributed by atoms with E-state index in [1.54, 1.807) is 30.3 Å². The molecule has 3 aromatic rings. The van der Waals surface area contributed by atoms with Gasteiger partial charge >= 0.3 is 5.97 Å². The third-order valence-electron chi connectivity index (χ3n) is 4.82. The molecule has 0 saturated heterocycles. The summed E-state index contributed by atoms with van der Waals surface area (Å²) in [6.45, 7) is 1.83. The van der Waals surface area contributed by atoms with Gasteiger partial charge in [-0.2, -0.15) is 0 Å². The van der Waals surface area contributed by atoms with Crippen LogP contribution in [0.3, 0.4) is 0 Å². The van der Waals surface area contributed by atoms with E-state index in [2.05, 4.69) is 15.9 Å². The van der Waals surface area contributed by atoms with Crippen molar-refractivity contribution < 1.29 is 17.9 Å². The highest BCUT2D eigenvalue weighted by Crippen LogP contribution is 2.35. The first-order chi connectivity index (χ1) is 13.4. The van der Waals surface area contributed by atoms with Crippen molar-refractivity contribution in [2.45, 2.75) is 23.5 Å². The Morgan fingerprint density at radius 1 is 1.00 bits per heavy atom. The lowest BCUT2D eigenvalue weighted by molar-refractivity contribution is -0.134. The smallest absolute Gasteiger partial charge is 0.330 e. The van der Waals surface area contributed by atoms with Crippen LogP contribution in [0.4, 0.5) is 0 Å². The first kappa shape index (κ1) is 18.9. The summed E-state index contributed by atoms with van der Waals surface area (Å²) in [6, 6.07) is 19.7. The molecule has 1 atom stereocenters. The molecular formula is C22H17BrO4S. The molecule has 4 nitrogen and oxygen atoms in total. The second kappa shape index (κ2) is 7.18. The van der Waals surface area contributed by atoms with Crippen molar-refractivity contribution in [3.63, 3.8) is 0 Å². The number of halogens is 1. The largest absolute Gasteiger partial charge is 0.425 e. The van der Waals surface area contributed by atoms with E-state index < -0.39 is 21.1 Å². The minimum Gasteiger partial charge on any atom is -0.425 e. The van der Waals surface area contributed by atoms with Crippen LogP contribution in [0.5, 0.6) is 5.75 Å². The molecule has 0 fully saturated rings. The minimum absolute atomic E-state index is 0.102. The van der Waals surface area contributed by atoms with Gasteiger partial charge in [0.05, 0.1) is 4.90 Å². The predicted molar refractivity (Wildman–Crippen MR) is 111 cm³/mol. The van der Waals surface area contributed by atoms with Gasteiger partial charge in [-0.05, 0) is 47.9 Å². The number of carbonyl (C=O) groups excluding carboxylic acids is 1. The Balaban J connectivity index is 1.83. The van der Waals surface area contributed by atoms with E-state index in [0.29, 0.717) is 16.9 Å². The highest BCUT2D eigenvalue weighted by atomic mass is 79.9. The number of benzene rings is 3. The average molecular weight is 457 g/mol. The van der Waals surface area contributed by atoms with Gasteiger partial charge in [-0.15, -0.1) is 0 Å². The highest BCUT2D eigenvalue weighted by Gasteiger charge is 2.40. The zero-order chi connectivity index (χ0) is 19.9. The Bertz CT molecular complexity index is 1170. The van der Waals surface area contributed by atoms with Crippen molar-refractivity contribution >= 4 is 31.7 Å². The van der Waals surface area contributed by atoms with Gasteiger partial charge in [0.25, 0.3) is 0 Å². The van der Waals surface area contributed by atoms with Gasteiger partial charge in [-0.25, -0.2) is 8.42 Å². The predicted octanol–water partition coefficient (Wildman–Crippen LogP) is 4.73. The standard InChI is InChI=1S/C22H17BrO4S/c1-14-6-11-18(15-7-9-17(23)10-8-15)20(12-14)28(25,26)21-13-16-4-2-3-5-19(16)27-22(21)24/h2-12,21H,13H2,1H3. The van der Waals surface area contributed by atoms with Crippen molar-refractivity contribution in [1.29, 1.82) is 0 Å². The van der Waals surface area contributed by atoms with Gasteiger partial charge in [0, 0.05) is 16.5 Å². The van der Waals surface area contributed by atoms with Crippen LogP contribution in [-0.2, 0) is 21.1 Å². The van der Waals surface area contributed by atoms with Gasteiger partial charge in [-0.3, -0.25) is 4.79 Å². The third kappa shape index (κ3) is 3.38. The number of fused-ring (bicyclic) bond motifs is 1. The Labute approximate surface area is 172 Å². The molecule has 28 heavy (non-hydrogen) atoms. The highest BCUT2D eigenvalue weighted by molar-refractivity contribution is 9.10. The van der Waals surface area contributed by atoms with Crippen LogP contribution in [0.2, 0.25) is 0 Å². The summed E-state index contributed by atoms with van der Waals surface area (Å²) in [5.41, 5.74) is 2.87. The van der Waals surface area contributed by atoms with Crippen LogP contribution in [0, 0.1) is 6.92 Å². The lowest BCUT2D eigenvalue weighted by atomic mass is 10.0. The van der Waals surface area contributed by atoms with Crippen molar-refractivity contribution in [2.75, 3.05) is 0 Å². The lowest BCUT2D eigenvalue weighted by Gasteiger charge is -2.24. The number of ether oxygens (including phenoxy) is 1. The summed E-state index contributed by atoms with van der Waals surface area (Å²) in [5.74, 6) is -0.307. The second-order valence-electron chi connectivity index (χ2n) is 6.77. The molecule has 1 unspecified atom stereocenters. The maximum absolute atomic E-state index is 13.5. The monoisotopic (exact) mass is 456 g/mol. The van der Waals surface area contributed by atoms with Crippen LogP contribution in [0.25, 0.3) is 11.1 Å². The van der Waals surface area contributed by atoms with E-state index in [1.165, 1.54) is 0 Å². The summed E-state index contributed by atoms with van der Waals surface area (Å²) in [7, 11) is -3.95. The number of aryl methyl sites for hydroxylation is 1. The average Bonchev–Trinajstić information content (AvgIpc) is 2.68. The third-order valence-corrected chi connectivity index (χ3v) is 7.41. The molecular weight excluding hydrogens is 440 g/mol. The van der Waals surface area contributed by atoms with Crippen molar-refractivity contribution in [3.05, 3.63) is 82.3 Å². The van der Waals surface area contributed by atoms with Gasteiger partial charge in [0.1, 0.15) is 5.75 Å². The Hall–Kier alpha value is -2.44. The Kier molecular flexibility index (Phi) is 4.85. The van der Waals surface area contributed by atoms with E-state index in [0.717, 1.165) is 15.6 Å². The Morgan fingerprint density at radius 2 is 1.71 bits per heavy atom. The fourth-order valence-corrected chi connectivity index (χ4v) is 5.47. The Morgan fingerprint density at radius 3 is 2.46 bits per heavy atom. The summed E-state index contributed by atoms with van der Waals surface area (Å²) in [5, 5.41) is -1.27. The summed E-state index contributed by atoms with van der Waals surface area (Å²) in [6.07, 6.45) is 0.102. The van der Waals surface area contributed by atoms with E-state index in [-0.39, 0.29) is 11.3 Å². The number of hydrogen-bond acceptors (Lipinski definition) is 4. The van der Waals surface area contributed by atoms with E-state index in [1.807, 2.05) is 43.3 Å². The van der Waals surface area contributed by atoms with Crippen molar-refractivity contribution in [1.82, 2.24) is 0 Å². The van der Waals surface area contributed by atoms with E-state index in [4.69, 9.17) is 4.74 Å². The number of esters is 1. The molecule has 0 saturated carbocycles. The lowest BCUT2D eigenvalue weighted by Crippen LogP contribution is -2.39. The number of sulfone groups is 1. The van der Waals surface area contributed by atoms with Crippen molar-refractivity contribution in [2.24, 2.45) is 0 Å². The zero-order valence-electron chi connectivity index (χ0n) is 15.1. The van der Waals surface area contributed by atoms with E-state index >= 15 is 0 Å². The number of hydrogen-bond donors (Lipinski definition) is 0. The molecule has 3 aromatic carbocycles. The van der Waals surface area contributed by atoms with Gasteiger partial charge in [0.15, 0.2) is 15.1 Å².